The highest BCUT2D eigenvalue weighted by atomic mass is 32.1. The van der Waals surface area contributed by atoms with Crippen molar-refractivity contribution in [1.82, 2.24) is 9.55 Å². The number of alkyl halides is 2. The third kappa shape index (κ3) is 3.30. The van der Waals surface area contributed by atoms with Gasteiger partial charge in [0.1, 0.15) is 4.83 Å². The van der Waals surface area contributed by atoms with Gasteiger partial charge in [-0.15, -0.1) is 0 Å². The van der Waals surface area contributed by atoms with E-state index in [-0.39, 0.29) is 17.8 Å². The van der Waals surface area contributed by atoms with Gasteiger partial charge in [0.25, 0.3) is 5.92 Å². The van der Waals surface area contributed by atoms with Gasteiger partial charge in [0.05, 0.1) is 16.8 Å². The van der Waals surface area contributed by atoms with E-state index in [0.717, 1.165) is 28.0 Å². The number of pyridine rings is 1. The summed E-state index contributed by atoms with van der Waals surface area (Å²) in [7, 11) is 0. The molecule has 1 fully saturated rings. The van der Waals surface area contributed by atoms with E-state index in [0.29, 0.717) is 16.0 Å². The average Bonchev–Trinajstić information content (AvgIpc) is 3.05. The second kappa shape index (κ2) is 5.94. The second-order valence-electron chi connectivity index (χ2n) is 7.75. The number of hydrogen-bond donors (Lipinski definition) is 1. The van der Waals surface area contributed by atoms with Crippen molar-refractivity contribution >= 4 is 21.7 Å². The molecule has 1 aliphatic rings. The minimum Gasteiger partial charge on any atom is -0.386 e. The summed E-state index contributed by atoms with van der Waals surface area (Å²) < 4.78 is 27.9. The van der Waals surface area contributed by atoms with Crippen LogP contribution in [-0.4, -0.2) is 20.6 Å². The van der Waals surface area contributed by atoms with Crippen LogP contribution in [-0.2, 0) is 12.1 Å². The van der Waals surface area contributed by atoms with Crippen molar-refractivity contribution in [2.75, 3.05) is 0 Å². The second-order valence-corrected chi connectivity index (χ2v) is 8.69. The first-order chi connectivity index (χ1) is 12.6. The summed E-state index contributed by atoms with van der Waals surface area (Å²) in [5.41, 5.74) is 2.95. The zero-order chi connectivity index (χ0) is 19.6. The molecule has 1 saturated carbocycles. The predicted molar refractivity (Wildman–Crippen MR) is 102 cm³/mol. The minimum atomic E-state index is -2.66. The first-order valence-electron chi connectivity index (χ1n) is 8.78. The Labute approximate surface area is 159 Å². The molecule has 1 atom stereocenters. The number of rotatable bonds is 4. The van der Waals surface area contributed by atoms with E-state index in [1.165, 1.54) is 4.57 Å². The quantitative estimate of drug-likeness (QED) is 0.722. The molecule has 1 aliphatic carbocycles. The Kier molecular flexibility index (Phi) is 4.01. The molecule has 2 aromatic heterocycles. The molecule has 1 unspecified atom stereocenters. The van der Waals surface area contributed by atoms with Gasteiger partial charge in [-0.25, -0.2) is 13.8 Å². The molecule has 0 spiro atoms. The van der Waals surface area contributed by atoms with Crippen LogP contribution in [0.15, 0.2) is 35.1 Å². The van der Waals surface area contributed by atoms with Crippen LogP contribution in [0, 0.1) is 12.8 Å². The fourth-order valence-corrected chi connectivity index (χ4v) is 4.11. The highest BCUT2D eigenvalue weighted by Gasteiger charge is 2.56. The standard InChI is InChI=1S/C20H20F2N2O2S/c1-11-4-5-12(19(2,3)26)8-14(11)15-6-7-16-17(23-15)27-18(25)24(16)10-13-9-20(13,21)22/h4-8,13,26H,9-10H2,1-3H3. The summed E-state index contributed by atoms with van der Waals surface area (Å²) in [5.74, 6) is -3.42. The average molecular weight is 390 g/mol. The highest BCUT2D eigenvalue weighted by molar-refractivity contribution is 7.16. The molecule has 1 aromatic carbocycles. The first kappa shape index (κ1) is 18.3. The molecule has 7 heteroatoms. The zero-order valence-corrected chi connectivity index (χ0v) is 16.1. The van der Waals surface area contributed by atoms with E-state index in [1.807, 2.05) is 25.1 Å². The zero-order valence-electron chi connectivity index (χ0n) is 15.3. The maximum Gasteiger partial charge on any atom is 0.309 e. The maximum absolute atomic E-state index is 13.2. The number of benzene rings is 1. The summed E-state index contributed by atoms with van der Waals surface area (Å²) in [6.45, 7) is 5.42. The molecule has 0 aliphatic heterocycles. The summed E-state index contributed by atoms with van der Waals surface area (Å²) in [6, 6.07) is 9.27. The number of nitrogens with zero attached hydrogens (tertiary/aromatic N) is 2. The normalized spacial score (nSPS) is 18.8. The van der Waals surface area contributed by atoms with Gasteiger partial charge in [0, 0.05) is 24.4 Å². The Hall–Kier alpha value is -2.12. The molecule has 0 saturated heterocycles. The van der Waals surface area contributed by atoms with Gasteiger partial charge in [0.15, 0.2) is 0 Å². The Balaban J connectivity index is 1.76. The van der Waals surface area contributed by atoms with E-state index in [4.69, 9.17) is 0 Å². The van der Waals surface area contributed by atoms with E-state index < -0.39 is 17.4 Å². The van der Waals surface area contributed by atoms with Gasteiger partial charge in [0.2, 0.25) is 0 Å². The minimum absolute atomic E-state index is 0.0279. The lowest BCUT2D eigenvalue weighted by molar-refractivity contribution is 0.0786. The van der Waals surface area contributed by atoms with Crippen molar-refractivity contribution in [2.45, 2.75) is 45.3 Å². The third-order valence-electron chi connectivity index (χ3n) is 5.11. The number of aromatic nitrogens is 2. The number of halogens is 2. The van der Waals surface area contributed by atoms with Crippen LogP contribution in [0.2, 0.25) is 0 Å². The summed E-state index contributed by atoms with van der Waals surface area (Å²) >= 11 is 0.975. The van der Waals surface area contributed by atoms with E-state index >= 15 is 0 Å². The molecular weight excluding hydrogens is 370 g/mol. The van der Waals surface area contributed by atoms with Crippen LogP contribution >= 0.6 is 11.3 Å². The van der Waals surface area contributed by atoms with Crippen molar-refractivity contribution in [3.63, 3.8) is 0 Å². The molecular formula is C20H20F2N2O2S. The van der Waals surface area contributed by atoms with Crippen LogP contribution in [0.1, 0.15) is 31.4 Å². The van der Waals surface area contributed by atoms with Gasteiger partial charge in [-0.3, -0.25) is 9.36 Å². The Morgan fingerprint density at radius 3 is 2.67 bits per heavy atom. The molecule has 0 bridgehead atoms. The molecule has 0 amide bonds. The molecule has 1 N–H and O–H groups in total. The number of hydrogen-bond acceptors (Lipinski definition) is 4. The Bertz CT molecular complexity index is 1100. The lowest BCUT2D eigenvalue weighted by Crippen LogP contribution is -2.16. The lowest BCUT2D eigenvalue weighted by atomic mass is 9.93. The third-order valence-corrected chi connectivity index (χ3v) is 6.00. The highest BCUT2D eigenvalue weighted by Crippen LogP contribution is 2.49. The molecule has 2 heterocycles. The molecule has 142 valence electrons. The van der Waals surface area contributed by atoms with Crippen LogP contribution in [0.25, 0.3) is 21.6 Å². The Morgan fingerprint density at radius 1 is 1.33 bits per heavy atom. The van der Waals surface area contributed by atoms with Crippen molar-refractivity contribution in [3.8, 4) is 11.3 Å². The summed E-state index contributed by atoms with van der Waals surface area (Å²) in [6.07, 6.45) is -0.161. The van der Waals surface area contributed by atoms with Crippen LogP contribution in [0.5, 0.6) is 0 Å². The van der Waals surface area contributed by atoms with Crippen molar-refractivity contribution in [3.05, 3.63) is 51.1 Å². The predicted octanol–water partition coefficient (Wildman–Crippen LogP) is 4.32. The monoisotopic (exact) mass is 390 g/mol. The summed E-state index contributed by atoms with van der Waals surface area (Å²) in [4.78, 5) is 17.2. The number of aryl methyl sites for hydroxylation is 1. The Morgan fingerprint density at radius 2 is 2.04 bits per heavy atom. The van der Waals surface area contributed by atoms with Gasteiger partial charge < -0.3 is 5.11 Å². The van der Waals surface area contributed by atoms with Crippen molar-refractivity contribution in [2.24, 2.45) is 5.92 Å². The van der Waals surface area contributed by atoms with Crippen LogP contribution < -0.4 is 4.87 Å². The largest absolute Gasteiger partial charge is 0.386 e. The molecule has 4 rings (SSSR count). The van der Waals surface area contributed by atoms with Gasteiger partial charge >= 0.3 is 4.87 Å². The fourth-order valence-electron chi connectivity index (χ4n) is 3.24. The fraction of sp³-hybridized carbons (Fsp3) is 0.400. The van der Waals surface area contributed by atoms with Gasteiger partial charge in [-0.1, -0.05) is 23.5 Å². The topological polar surface area (TPSA) is 55.1 Å². The molecule has 3 aromatic rings. The maximum atomic E-state index is 13.2. The molecule has 4 nitrogen and oxygen atoms in total. The number of aliphatic hydroxyl groups is 1. The van der Waals surface area contributed by atoms with Crippen LogP contribution in [0.4, 0.5) is 8.78 Å². The van der Waals surface area contributed by atoms with Crippen molar-refractivity contribution in [1.29, 1.82) is 0 Å². The van der Waals surface area contributed by atoms with Gasteiger partial charge in [-0.05, 0) is 50.1 Å². The molecule has 0 radical (unpaired) electrons. The SMILES string of the molecule is Cc1ccc(C(C)(C)O)cc1-c1ccc2c(n1)sc(=O)n2CC1CC1(F)F. The smallest absolute Gasteiger partial charge is 0.309 e. The van der Waals surface area contributed by atoms with Gasteiger partial charge in [-0.2, -0.15) is 0 Å². The van der Waals surface area contributed by atoms with E-state index in [2.05, 4.69) is 4.98 Å². The number of fused-ring (bicyclic) bond motifs is 1. The van der Waals surface area contributed by atoms with Crippen LogP contribution in [0.3, 0.4) is 0 Å². The van der Waals surface area contributed by atoms with E-state index in [1.54, 1.807) is 26.0 Å². The first-order valence-corrected chi connectivity index (χ1v) is 9.60. The lowest BCUT2D eigenvalue weighted by Gasteiger charge is -2.19. The summed E-state index contributed by atoms with van der Waals surface area (Å²) in [5, 5.41) is 10.3. The number of thiazole rings is 1. The molecule has 27 heavy (non-hydrogen) atoms. The van der Waals surface area contributed by atoms with Crippen molar-refractivity contribution < 1.29 is 13.9 Å². The van der Waals surface area contributed by atoms with E-state index in [9.17, 15) is 18.7 Å².